The van der Waals surface area contributed by atoms with Crippen molar-refractivity contribution in [1.29, 1.82) is 0 Å². The van der Waals surface area contributed by atoms with Gasteiger partial charge in [-0.2, -0.15) is 0 Å². The zero-order valence-electron chi connectivity index (χ0n) is 13.6. The minimum absolute atomic E-state index is 0.161. The number of H-pyrrole nitrogens is 1. The predicted octanol–water partition coefficient (Wildman–Crippen LogP) is 4.16. The van der Waals surface area contributed by atoms with Gasteiger partial charge in [-0.1, -0.05) is 37.6 Å². The summed E-state index contributed by atoms with van der Waals surface area (Å²) in [6.45, 7) is 4.63. The molecule has 5 nitrogen and oxygen atoms in total. The van der Waals surface area contributed by atoms with Crippen molar-refractivity contribution < 1.29 is 4.79 Å². The van der Waals surface area contributed by atoms with E-state index in [4.69, 9.17) is 11.6 Å². The van der Waals surface area contributed by atoms with Gasteiger partial charge in [-0.3, -0.25) is 4.79 Å². The zero-order chi connectivity index (χ0) is 17.1. The highest BCUT2D eigenvalue weighted by molar-refractivity contribution is 7.16. The number of hydrogen-bond acceptors (Lipinski definition) is 4. The van der Waals surface area contributed by atoms with E-state index >= 15 is 0 Å². The van der Waals surface area contributed by atoms with E-state index in [1.165, 1.54) is 11.3 Å². The molecule has 0 saturated heterocycles. The Bertz CT molecular complexity index is 822. The van der Waals surface area contributed by atoms with Crippen LogP contribution in [0, 0.1) is 0 Å². The van der Waals surface area contributed by atoms with Crippen molar-refractivity contribution in [3.63, 3.8) is 0 Å². The van der Waals surface area contributed by atoms with E-state index in [0.717, 1.165) is 34.6 Å². The second-order valence-electron chi connectivity index (χ2n) is 5.89. The monoisotopic (exact) mass is 362 g/mol. The summed E-state index contributed by atoms with van der Waals surface area (Å²) in [7, 11) is 0. The van der Waals surface area contributed by atoms with E-state index in [1.54, 1.807) is 0 Å². The van der Waals surface area contributed by atoms with Crippen LogP contribution in [0.4, 0.5) is 0 Å². The van der Waals surface area contributed by atoms with Crippen molar-refractivity contribution in [3.05, 3.63) is 45.1 Å². The zero-order valence-corrected chi connectivity index (χ0v) is 15.2. The number of imidazole rings is 1. The molecule has 0 bridgehead atoms. The minimum Gasteiger partial charge on any atom is -0.351 e. The normalized spacial score (nSPS) is 11.3. The van der Waals surface area contributed by atoms with Crippen LogP contribution in [0.2, 0.25) is 4.47 Å². The number of para-hydroxylation sites is 2. The van der Waals surface area contributed by atoms with Crippen LogP contribution in [0.1, 0.15) is 47.4 Å². The van der Waals surface area contributed by atoms with E-state index in [2.05, 4.69) is 20.3 Å². The van der Waals surface area contributed by atoms with Crippen molar-refractivity contribution in [1.82, 2.24) is 20.3 Å². The molecule has 3 rings (SSSR count). The minimum atomic E-state index is -0.161. The SMILES string of the molecule is CC(C)c1sc(Cl)nc1C(=O)NCCCc1nc2ccccc2[nH]1. The number of amides is 1. The second kappa shape index (κ2) is 7.32. The van der Waals surface area contributed by atoms with Crippen LogP contribution < -0.4 is 5.32 Å². The Hall–Kier alpha value is -1.92. The summed E-state index contributed by atoms with van der Waals surface area (Å²) in [4.78, 5) is 25.2. The number of hydrogen-bond donors (Lipinski definition) is 2. The van der Waals surface area contributed by atoms with E-state index in [1.807, 2.05) is 38.1 Å². The largest absolute Gasteiger partial charge is 0.351 e. The number of aryl methyl sites for hydroxylation is 1. The fourth-order valence-corrected chi connectivity index (χ4v) is 3.65. The topological polar surface area (TPSA) is 70.7 Å². The van der Waals surface area contributed by atoms with Crippen LogP contribution in [0.3, 0.4) is 0 Å². The molecule has 7 heteroatoms. The van der Waals surface area contributed by atoms with Crippen molar-refractivity contribution in [3.8, 4) is 0 Å². The van der Waals surface area contributed by atoms with Crippen LogP contribution >= 0.6 is 22.9 Å². The van der Waals surface area contributed by atoms with Crippen molar-refractivity contribution in [2.45, 2.75) is 32.6 Å². The first kappa shape index (κ1) is 16.9. The molecule has 0 aliphatic carbocycles. The average molecular weight is 363 g/mol. The number of nitrogens with zero attached hydrogens (tertiary/aromatic N) is 2. The lowest BCUT2D eigenvalue weighted by atomic mass is 10.1. The van der Waals surface area contributed by atoms with Crippen LogP contribution in [0.15, 0.2) is 24.3 Å². The molecule has 0 aliphatic rings. The van der Waals surface area contributed by atoms with Crippen molar-refractivity contribution in [2.24, 2.45) is 0 Å². The Labute approximate surface area is 149 Å². The van der Waals surface area contributed by atoms with Crippen LogP contribution in [0.25, 0.3) is 11.0 Å². The molecule has 1 amide bonds. The smallest absolute Gasteiger partial charge is 0.271 e. The summed E-state index contributed by atoms with van der Waals surface area (Å²) in [5.74, 6) is 1.00. The summed E-state index contributed by atoms with van der Waals surface area (Å²) in [5.41, 5.74) is 2.45. The summed E-state index contributed by atoms with van der Waals surface area (Å²) in [5, 5.41) is 2.92. The third kappa shape index (κ3) is 3.76. The van der Waals surface area contributed by atoms with Gasteiger partial charge in [0.25, 0.3) is 5.91 Å². The molecule has 3 aromatic rings. The molecule has 0 unspecified atom stereocenters. The quantitative estimate of drug-likeness (QED) is 0.647. The average Bonchev–Trinajstić information content (AvgIpc) is 3.14. The van der Waals surface area contributed by atoms with Gasteiger partial charge in [-0.25, -0.2) is 9.97 Å². The third-order valence-electron chi connectivity index (χ3n) is 3.68. The number of benzene rings is 1. The second-order valence-corrected chi connectivity index (χ2v) is 7.51. The van der Waals surface area contributed by atoms with Gasteiger partial charge in [-0.05, 0) is 24.5 Å². The number of rotatable bonds is 6. The highest BCUT2D eigenvalue weighted by atomic mass is 35.5. The number of carbonyl (C=O) groups is 1. The van der Waals surface area contributed by atoms with Crippen LogP contribution in [-0.4, -0.2) is 27.4 Å². The van der Waals surface area contributed by atoms with E-state index < -0.39 is 0 Å². The first-order chi connectivity index (χ1) is 11.5. The fraction of sp³-hybridized carbons (Fsp3) is 0.353. The van der Waals surface area contributed by atoms with Crippen LogP contribution in [0.5, 0.6) is 0 Å². The molecule has 2 N–H and O–H groups in total. The molecule has 0 aliphatic heterocycles. The number of fused-ring (bicyclic) bond motifs is 1. The van der Waals surface area contributed by atoms with Gasteiger partial charge < -0.3 is 10.3 Å². The van der Waals surface area contributed by atoms with Gasteiger partial charge in [0.15, 0.2) is 4.47 Å². The van der Waals surface area contributed by atoms with Gasteiger partial charge in [0.05, 0.1) is 11.0 Å². The first-order valence-electron chi connectivity index (χ1n) is 7.92. The Morgan fingerprint density at radius 3 is 2.88 bits per heavy atom. The molecule has 0 fully saturated rings. The molecule has 0 radical (unpaired) electrons. The highest BCUT2D eigenvalue weighted by Crippen LogP contribution is 2.29. The maximum atomic E-state index is 12.3. The maximum Gasteiger partial charge on any atom is 0.271 e. The Kier molecular flexibility index (Phi) is 5.16. The number of nitrogens with one attached hydrogen (secondary N) is 2. The molecule has 24 heavy (non-hydrogen) atoms. The molecule has 0 saturated carbocycles. The lowest BCUT2D eigenvalue weighted by molar-refractivity contribution is 0.0947. The lowest BCUT2D eigenvalue weighted by Crippen LogP contribution is -2.26. The summed E-state index contributed by atoms with van der Waals surface area (Å²) in [6, 6.07) is 7.94. The van der Waals surface area contributed by atoms with E-state index in [9.17, 15) is 4.79 Å². The van der Waals surface area contributed by atoms with Gasteiger partial charge in [0.2, 0.25) is 0 Å². The number of aromatic nitrogens is 3. The molecular formula is C17H19ClN4OS. The molecule has 2 aromatic heterocycles. The maximum absolute atomic E-state index is 12.3. The van der Waals surface area contributed by atoms with Gasteiger partial charge in [-0.15, -0.1) is 11.3 Å². The van der Waals surface area contributed by atoms with Gasteiger partial charge >= 0.3 is 0 Å². The Morgan fingerprint density at radius 1 is 1.33 bits per heavy atom. The summed E-state index contributed by atoms with van der Waals surface area (Å²) in [6.07, 6.45) is 1.59. The third-order valence-corrected chi connectivity index (χ3v) is 5.14. The van der Waals surface area contributed by atoms with Crippen molar-refractivity contribution >= 4 is 39.9 Å². The molecular weight excluding hydrogens is 344 g/mol. The van der Waals surface area contributed by atoms with Gasteiger partial charge in [0.1, 0.15) is 11.5 Å². The predicted molar refractivity (Wildman–Crippen MR) is 98.0 cm³/mol. The lowest BCUT2D eigenvalue weighted by Gasteiger charge is -2.06. The first-order valence-corrected chi connectivity index (χ1v) is 9.12. The van der Waals surface area contributed by atoms with Gasteiger partial charge in [0, 0.05) is 17.8 Å². The highest BCUT2D eigenvalue weighted by Gasteiger charge is 2.19. The Balaban J connectivity index is 1.54. The number of carbonyl (C=O) groups excluding carboxylic acids is 1. The van der Waals surface area contributed by atoms with Crippen LogP contribution in [-0.2, 0) is 6.42 Å². The molecule has 2 heterocycles. The fourth-order valence-electron chi connectivity index (χ4n) is 2.52. The molecule has 126 valence electrons. The molecule has 0 atom stereocenters. The van der Waals surface area contributed by atoms with E-state index in [0.29, 0.717) is 16.7 Å². The van der Waals surface area contributed by atoms with E-state index in [-0.39, 0.29) is 11.8 Å². The molecule has 1 aromatic carbocycles. The number of halogens is 1. The molecule has 0 spiro atoms. The summed E-state index contributed by atoms with van der Waals surface area (Å²) >= 11 is 7.32. The summed E-state index contributed by atoms with van der Waals surface area (Å²) < 4.78 is 0.408. The number of aromatic amines is 1. The Morgan fingerprint density at radius 2 is 2.12 bits per heavy atom. The van der Waals surface area contributed by atoms with Crippen molar-refractivity contribution in [2.75, 3.05) is 6.54 Å². The standard InChI is InChI=1S/C17H19ClN4OS/c1-10(2)15-14(22-17(18)24-15)16(23)19-9-5-8-13-20-11-6-3-4-7-12(11)21-13/h3-4,6-7,10H,5,8-9H2,1-2H3,(H,19,23)(H,20,21). The number of thiazole rings is 1.